The van der Waals surface area contributed by atoms with E-state index in [1.165, 1.54) is 18.2 Å². The fourth-order valence-electron chi connectivity index (χ4n) is 2.70. The van der Waals surface area contributed by atoms with Crippen LogP contribution in [0.1, 0.15) is 31.5 Å². The Morgan fingerprint density at radius 3 is 3.08 bits per heavy atom. The SMILES string of the molecule is Cc1nnc2ccc(SCC(=O)N(C)CC[C@@H]3CCCCO3)nn12. The van der Waals surface area contributed by atoms with Crippen molar-refractivity contribution in [3.63, 3.8) is 0 Å². The number of rotatable bonds is 6. The summed E-state index contributed by atoms with van der Waals surface area (Å²) in [5.41, 5.74) is 0.716. The molecular formula is C16H23N5O2S. The molecule has 24 heavy (non-hydrogen) atoms. The first kappa shape index (κ1) is 17.2. The average Bonchev–Trinajstić information content (AvgIpc) is 2.99. The summed E-state index contributed by atoms with van der Waals surface area (Å²) in [4.78, 5) is 14.1. The second kappa shape index (κ2) is 7.94. The summed E-state index contributed by atoms with van der Waals surface area (Å²) in [6, 6.07) is 3.74. The third kappa shape index (κ3) is 4.24. The smallest absolute Gasteiger partial charge is 0.232 e. The van der Waals surface area contributed by atoms with Gasteiger partial charge in [0.1, 0.15) is 5.03 Å². The van der Waals surface area contributed by atoms with Gasteiger partial charge in [0, 0.05) is 20.2 Å². The molecule has 130 valence electrons. The van der Waals surface area contributed by atoms with Gasteiger partial charge in [-0.15, -0.1) is 10.2 Å². The molecule has 1 aliphatic heterocycles. The number of carbonyl (C=O) groups excluding carboxylic acids is 1. The van der Waals surface area contributed by atoms with Crippen LogP contribution in [0.2, 0.25) is 0 Å². The van der Waals surface area contributed by atoms with E-state index in [0.717, 1.165) is 43.3 Å². The van der Waals surface area contributed by atoms with Gasteiger partial charge in [-0.25, -0.2) is 0 Å². The van der Waals surface area contributed by atoms with Crippen molar-refractivity contribution in [2.45, 2.75) is 43.7 Å². The molecule has 2 aromatic heterocycles. The summed E-state index contributed by atoms with van der Waals surface area (Å²) < 4.78 is 7.41. The molecule has 3 rings (SSSR count). The highest BCUT2D eigenvalue weighted by Gasteiger charge is 2.16. The molecule has 3 heterocycles. The largest absolute Gasteiger partial charge is 0.378 e. The second-order valence-corrected chi connectivity index (χ2v) is 7.07. The Labute approximate surface area is 145 Å². The molecule has 0 aliphatic carbocycles. The number of aromatic nitrogens is 4. The summed E-state index contributed by atoms with van der Waals surface area (Å²) in [6.45, 7) is 3.45. The maximum absolute atomic E-state index is 12.3. The second-order valence-electron chi connectivity index (χ2n) is 6.07. The van der Waals surface area contributed by atoms with Gasteiger partial charge in [0.15, 0.2) is 11.5 Å². The molecule has 2 aromatic rings. The van der Waals surface area contributed by atoms with Crippen LogP contribution in [0, 0.1) is 6.92 Å². The number of aryl methyl sites for hydroxylation is 1. The molecule has 1 fully saturated rings. The van der Waals surface area contributed by atoms with Gasteiger partial charge in [0.05, 0.1) is 11.9 Å². The van der Waals surface area contributed by atoms with Gasteiger partial charge >= 0.3 is 0 Å². The summed E-state index contributed by atoms with van der Waals surface area (Å²) in [5, 5.41) is 13.2. The molecule has 1 atom stereocenters. The first-order chi connectivity index (χ1) is 11.6. The van der Waals surface area contributed by atoms with Crippen LogP contribution in [0.4, 0.5) is 0 Å². The third-order valence-corrected chi connectivity index (χ3v) is 5.13. The van der Waals surface area contributed by atoms with E-state index in [1.54, 1.807) is 9.42 Å². The van der Waals surface area contributed by atoms with Gasteiger partial charge < -0.3 is 9.64 Å². The third-order valence-electron chi connectivity index (χ3n) is 4.22. The maximum atomic E-state index is 12.3. The zero-order chi connectivity index (χ0) is 16.9. The summed E-state index contributed by atoms with van der Waals surface area (Å²) in [7, 11) is 1.85. The van der Waals surface area contributed by atoms with Crippen LogP contribution < -0.4 is 0 Å². The van der Waals surface area contributed by atoms with Crippen LogP contribution in [0.25, 0.3) is 5.65 Å². The molecule has 0 bridgehead atoms. The Hall–Kier alpha value is -1.67. The molecule has 8 heteroatoms. The van der Waals surface area contributed by atoms with Crippen molar-refractivity contribution in [3.05, 3.63) is 18.0 Å². The first-order valence-electron chi connectivity index (χ1n) is 8.31. The Balaban J connectivity index is 1.47. The normalized spacial score (nSPS) is 18.0. The lowest BCUT2D eigenvalue weighted by molar-refractivity contribution is -0.127. The summed E-state index contributed by atoms with van der Waals surface area (Å²) >= 11 is 1.44. The van der Waals surface area contributed by atoms with Crippen molar-refractivity contribution in [3.8, 4) is 0 Å². The van der Waals surface area contributed by atoms with Gasteiger partial charge in [-0.3, -0.25) is 4.79 Å². The van der Waals surface area contributed by atoms with Crippen molar-refractivity contribution in [1.82, 2.24) is 24.7 Å². The van der Waals surface area contributed by atoms with E-state index in [0.29, 0.717) is 17.5 Å². The monoisotopic (exact) mass is 349 g/mol. The van der Waals surface area contributed by atoms with E-state index in [9.17, 15) is 4.79 Å². The highest BCUT2D eigenvalue weighted by Crippen LogP contribution is 2.18. The predicted octanol–water partition coefficient (Wildman–Crippen LogP) is 1.94. The lowest BCUT2D eigenvalue weighted by atomic mass is 10.1. The topological polar surface area (TPSA) is 72.6 Å². The fourth-order valence-corrected chi connectivity index (χ4v) is 3.49. The van der Waals surface area contributed by atoms with Crippen molar-refractivity contribution in [2.75, 3.05) is 26.0 Å². The molecule has 0 unspecified atom stereocenters. The highest BCUT2D eigenvalue weighted by atomic mass is 32.2. The number of hydrogen-bond donors (Lipinski definition) is 0. The van der Waals surface area contributed by atoms with E-state index in [-0.39, 0.29) is 5.91 Å². The molecule has 0 aromatic carbocycles. The van der Waals surface area contributed by atoms with Crippen LogP contribution in [-0.4, -0.2) is 62.7 Å². The minimum atomic E-state index is 0.109. The van der Waals surface area contributed by atoms with Gasteiger partial charge in [-0.05, 0) is 44.7 Å². The quantitative estimate of drug-likeness (QED) is 0.742. The van der Waals surface area contributed by atoms with Crippen molar-refractivity contribution < 1.29 is 9.53 Å². The number of ether oxygens (including phenoxy) is 1. The predicted molar refractivity (Wildman–Crippen MR) is 92.1 cm³/mol. The van der Waals surface area contributed by atoms with E-state index in [4.69, 9.17) is 4.74 Å². The maximum Gasteiger partial charge on any atom is 0.232 e. The zero-order valence-corrected chi connectivity index (χ0v) is 15.0. The van der Waals surface area contributed by atoms with Gasteiger partial charge in [0.25, 0.3) is 0 Å². The van der Waals surface area contributed by atoms with Gasteiger partial charge in [0.2, 0.25) is 5.91 Å². The minimum absolute atomic E-state index is 0.109. The number of hydrogen-bond acceptors (Lipinski definition) is 6. The molecule has 1 amide bonds. The van der Waals surface area contributed by atoms with Crippen LogP contribution in [-0.2, 0) is 9.53 Å². The zero-order valence-electron chi connectivity index (χ0n) is 14.1. The van der Waals surface area contributed by atoms with Crippen LogP contribution in [0.15, 0.2) is 17.2 Å². The lowest BCUT2D eigenvalue weighted by Gasteiger charge is -2.25. The molecule has 7 nitrogen and oxygen atoms in total. The molecule has 0 spiro atoms. The summed E-state index contributed by atoms with van der Waals surface area (Å²) in [6.07, 6.45) is 4.72. The lowest BCUT2D eigenvalue weighted by Crippen LogP contribution is -2.32. The summed E-state index contributed by atoms with van der Waals surface area (Å²) in [5.74, 6) is 1.23. The van der Waals surface area contributed by atoms with Crippen LogP contribution in [0.5, 0.6) is 0 Å². The van der Waals surface area contributed by atoms with E-state index in [1.807, 2.05) is 26.1 Å². The Bertz CT molecular complexity index is 699. The molecular weight excluding hydrogens is 326 g/mol. The van der Waals surface area contributed by atoms with Gasteiger partial charge in [-0.1, -0.05) is 11.8 Å². The fraction of sp³-hybridized carbons (Fsp3) is 0.625. The number of nitrogens with zero attached hydrogens (tertiary/aromatic N) is 5. The van der Waals surface area contributed by atoms with Crippen molar-refractivity contribution in [1.29, 1.82) is 0 Å². The first-order valence-corrected chi connectivity index (χ1v) is 9.29. The Morgan fingerprint density at radius 2 is 2.29 bits per heavy atom. The number of amides is 1. The van der Waals surface area contributed by atoms with E-state index in [2.05, 4.69) is 15.3 Å². The van der Waals surface area contributed by atoms with Crippen molar-refractivity contribution in [2.24, 2.45) is 0 Å². The molecule has 0 saturated carbocycles. The number of fused-ring (bicyclic) bond motifs is 1. The Kier molecular flexibility index (Phi) is 5.68. The average molecular weight is 349 g/mol. The van der Waals surface area contributed by atoms with Crippen LogP contribution in [0.3, 0.4) is 0 Å². The number of carbonyl (C=O) groups is 1. The molecule has 0 radical (unpaired) electrons. The standard InChI is InChI=1S/C16H23N5O2S/c1-12-17-18-14-6-7-15(19-21(12)14)24-11-16(22)20(2)9-8-13-5-3-4-10-23-13/h6-7,13H,3-5,8-11H2,1-2H3/t13-/m0/s1. The minimum Gasteiger partial charge on any atom is -0.378 e. The van der Waals surface area contributed by atoms with E-state index < -0.39 is 0 Å². The molecule has 1 aliphatic rings. The van der Waals surface area contributed by atoms with Crippen LogP contribution >= 0.6 is 11.8 Å². The number of thioether (sulfide) groups is 1. The van der Waals surface area contributed by atoms with Crippen molar-refractivity contribution >= 4 is 23.3 Å². The highest BCUT2D eigenvalue weighted by molar-refractivity contribution is 7.99. The molecule has 1 saturated heterocycles. The van der Waals surface area contributed by atoms with Gasteiger partial charge in [-0.2, -0.15) is 9.61 Å². The molecule has 0 N–H and O–H groups in total. The van der Waals surface area contributed by atoms with E-state index >= 15 is 0 Å². The Morgan fingerprint density at radius 1 is 1.42 bits per heavy atom.